The van der Waals surface area contributed by atoms with Crippen LogP contribution in [-0.2, 0) is 6.54 Å². The number of nitrogens with zero attached hydrogens (tertiary/aromatic N) is 2. The normalized spacial score (nSPS) is 10.1. The molecule has 0 fully saturated rings. The van der Waals surface area contributed by atoms with Gasteiger partial charge in [0.15, 0.2) is 0 Å². The van der Waals surface area contributed by atoms with Crippen LogP contribution in [-0.4, -0.2) is 17.0 Å². The molecule has 0 aliphatic heterocycles. The van der Waals surface area contributed by atoms with Crippen molar-refractivity contribution < 1.29 is 9.66 Å². The molecule has 2 aromatic rings. The molecular formula is C14H15N3O3. The monoisotopic (exact) mass is 273 g/mol. The van der Waals surface area contributed by atoms with Gasteiger partial charge in [-0.3, -0.25) is 10.1 Å². The first-order valence-corrected chi connectivity index (χ1v) is 6.09. The molecule has 0 atom stereocenters. The van der Waals surface area contributed by atoms with E-state index in [0.717, 1.165) is 11.3 Å². The minimum atomic E-state index is -0.384. The second-order valence-corrected chi connectivity index (χ2v) is 4.23. The smallest absolute Gasteiger partial charge is 0.274 e. The SMILES string of the molecule is COc1ncccc1CNc1cccc([N+](=O)[O-])c1C. The Morgan fingerprint density at radius 3 is 2.85 bits per heavy atom. The van der Waals surface area contributed by atoms with Crippen LogP contribution < -0.4 is 10.1 Å². The van der Waals surface area contributed by atoms with Gasteiger partial charge in [-0.15, -0.1) is 0 Å². The van der Waals surface area contributed by atoms with Gasteiger partial charge in [-0.2, -0.15) is 0 Å². The first kappa shape index (κ1) is 13.8. The van der Waals surface area contributed by atoms with E-state index in [4.69, 9.17) is 4.74 Å². The number of methoxy groups -OCH3 is 1. The van der Waals surface area contributed by atoms with Crippen LogP contribution in [0.4, 0.5) is 11.4 Å². The molecule has 1 N–H and O–H groups in total. The van der Waals surface area contributed by atoms with Gasteiger partial charge in [-0.25, -0.2) is 4.98 Å². The van der Waals surface area contributed by atoms with Gasteiger partial charge in [-0.05, 0) is 19.1 Å². The highest BCUT2D eigenvalue weighted by atomic mass is 16.6. The van der Waals surface area contributed by atoms with Crippen LogP contribution in [0.5, 0.6) is 5.88 Å². The van der Waals surface area contributed by atoms with E-state index < -0.39 is 0 Å². The van der Waals surface area contributed by atoms with Crippen molar-refractivity contribution in [1.82, 2.24) is 4.98 Å². The predicted molar refractivity (Wildman–Crippen MR) is 75.9 cm³/mol. The summed E-state index contributed by atoms with van der Waals surface area (Å²) in [4.78, 5) is 14.6. The van der Waals surface area contributed by atoms with Gasteiger partial charge in [-0.1, -0.05) is 12.1 Å². The van der Waals surface area contributed by atoms with Gasteiger partial charge in [0.25, 0.3) is 5.69 Å². The first-order chi connectivity index (χ1) is 9.63. The number of nitro benzene ring substituents is 1. The summed E-state index contributed by atoms with van der Waals surface area (Å²) in [6.07, 6.45) is 1.65. The summed E-state index contributed by atoms with van der Waals surface area (Å²) in [5.41, 5.74) is 2.33. The van der Waals surface area contributed by atoms with Crippen LogP contribution >= 0.6 is 0 Å². The van der Waals surface area contributed by atoms with Crippen molar-refractivity contribution in [2.75, 3.05) is 12.4 Å². The first-order valence-electron chi connectivity index (χ1n) is 6.09. The zero-order valence-electron chi connectivity index (χ0n) is 11.3. The summed E-state index contributed by atoms with van der Waals surface area (Å²) in [6, 6.07) is 8.68. The van der Waals surface area contributed by atoms with Crippen LogP contribution in [0.3, 0.4) is 0 Å². The minimum absolute atomic E-state index is 0.105. The summed E-state index contributed by atoms with van der Waals surface area (Å²) in [5.74, 6) is 0.545. The number of ether oxygens (including phenoxy) is 1. The molecule has 2 rings (SSSR count). The predicted octanol–water partition coefficient (Wildman–Crippen LogP) is 2.92. The Morgan fingerprint density at radius 1 is 1.35 bits per heavy atom. The Bertz CT molecular complexity index is 629. The lowest BCUT2D eigenvalue weighted by Gasteiger charge is -2.11. The van der Waals surface area contributed by atoms with Crippen molar-refractivity contribution in [2.45, 2.75) is 13.5 Å². The third-order valence-electron chi connectivity index (χ3n) is 3.01. The average molecular weight is 273 g/mol. The summed E-state index contributed by atoms with van der Waals surface area (Å²) in [7, 11) is 1.56. The van der Waals surface area contributed by atoms with Gasteiger partial charge >= 0.3 is 0 Å². The van der Waals surface area contributed by atoms with E-state index in [1.54, 1.807) is 26.3 Å². The Balaban J connectivity index is 2.19. The van der Waals surface area contributed by atoms with Crippen molar-refractivity contribution in [3.8, 4) is 5.88 Å². The van der Waals surface area contributed by atoms with Crippen LogP contribution in [0.25, 0.3) is 0 Å². The van der Waals surface area contributed by atoms with Gasteiger partial charge in [0, 0.05) is 35.6 Å². The Hall–Kier alpha value is -2.63. The van der Waals surface area contributed by atoms with Gasteiger partial charge in [0.2, 0.25) is 5.88 Å². The molecule has 0 unspecified atom stereocenters. The van der Waals surface area contributed by atoms with Crippen LogP contribution in [0, 0.1) is 17.0 Å². The Morgan fingerprint density at radius 2 is 2.15 bits per heavy atom. The highest BCUT2D eigenvalue weighted by Crippen LogP contribution is 2.26. The van der Waals surface area contributed by atoms with Crippen LogP contribution in [0.15, 0.2) is 36.5 Å². The van der Waals surface area contributed by atoms with E-state index in [9.17, 15) is 10.1 Å². The summed E-state index contributed by atoms with van der Waals surface area (Å²) < 4.78 is 5.17. The second-order valence-electron chi connectivity index (χ2n) is 4.23. The molecule has 1 aromatic heterocycles. The van der Waals surface area contributed by atoms with Crippen LogP contribution in [0.1, 0.15) is 11.1 Å². The largest absolute Gasteiger partial charge is 0.481 e. The number of benzene rings is 1. The summed E-state index contributed by atoms with van der Waals surface area (Å²) in [6.45, 7) is 2.21. The number of nitro groups is 1. The van der Waals surface area contributed by atoms with E-state index in [1.165, 1.54) is 6.07 Å². The number of rotatable bonds is 5. The molecule has 104 valence electrons. The highest BCUT2D eigenvalue weighted by Gasteiger charge is 2.13. The molecule has 0 spiro atoms. The second kappa shape index (κ2) is 6.01. The maximum atomic E-state index is 10.9. The molecule has 20 heavy (non-hydrogen) atoms. The number of pyridine rings is 1. The van der Waals surface area contributed by atoms with Crippen molar-refractivity contribution >= 4 is 11.4 Å². The van der Waals surface area contributed by atoms with E-state index >= 15 is 0 Å². The highest BCUT2D eigenvalue weighted by molar-refractivity contribution is 5.60. The maximum Gasteiger partial charge on any atom is 0.274 e. The van der Waals surface area contributed by atoms with E-state index in [0.29, 0.717) is 18.0 Å². The van der Waals surface area contributed by atoms with Crippen molar-refractivity contribution in [2.24, 2.45) is 0 Å². The summed E-state index contributed by atoms with van der Waals surface area (Å²) >= 11 is 0. The fourth-order valence-corrected chi connectivity index (χ4v) is 1.95. The quantitative estimate of drug-likeness (QED) is 0.669. The van der Waals surface area contributed by atoms with E-state index in [1.807, 2.05) is 18.2 Å². The third kappa shape index (κ3) is 2.85. The fourth-order valence-electron chi connectivity index (χ4n) is 1.95. The Kier molecular flexibility index (Phi) is 4.14. The lowest BCUT2D eigenvalue weighted by molar-refractivity contribution is -0.385. The average Bonchev–Trinajstić information content (AvgIpc) is 2.46. The number of hydrogen-bond acceptors (Lipinski definition) is 5. The summed E-state index contributed by atoms with van der Waals surface area (Å²) in [5, 5.41) is 14.1. The van der Waals surface area contributed by atoms with E-state index in [-0.39, 0.29) is 10.6 Å². The molecule has 6 heteroatoms. The molecule has 0 saturated carbocycles. The van der Waals surface area contributed by atoms with Gasteiger partial charge < -0.3 is 10.1 Å². The molecular weight excluding hydrogens is 258 g/mol. The topological polar surface area (TPSA) is 77.3 Å². The van der Waals surface area contributed by atoms with Gasteiger partial charge in [0.05, 0.1) is 12.0 Å². The number of hydrogen-bond donors (Lipinski definition) is 1. The van der Waals surface area contributed by atoms with Crippen LogP contribution in [0.2, 0.25) is 0 Å². The molecule has 0 aliphatic rings. The zero-order chi connectivity index (χ0) is 14.5. The van der Waals surface area contributed by atoms with E-state index in [2.05, 4.69) is 10.3 Å². The molecule has 0 saturated heterocycles. The molecule has 0 amide bonds. The minimum Gasteiger partial charge on any atom is -0.481 e. The van der Waals surface area contributed by atoms with Crippen molar-refractivity contribution in [1.29, 1.82) is 0 Å². The van der Waals surface area contributed by atoms with Crippen molar-refractivity contribution in [3.05, 3.63) is 57.8 Å². The van der Waals surface area contributed by atoms with Gasteiger partial charge in [0.1, 0.15) is 0 Å². The van der Waals surface area contributed by atoms with Crippen molar-refractivity contribution in [3.63, 3.8) is 0 Å². The number of anilines is 1. The molecule has 1 aromatic carbocycles. The molecule has 6 nitrogen and oxygen atoms in total. The standard InChI is InChI=1S/C14H15N3O3/c1-10-12(6-3-7-13(10)17(18)19)16-9-11-5-4-8-15-14(11)20-2/h3-8,16H,9H2,1-2H3. The zero-order valence-corrected chi connectivity index (χ0v) is 11.3. The number of aromatic nitrogens is 1. The lowest BCUT2D eigenvalue weighted by atomic mass is 10.1. The molecule has 0 radical (unpaired) electrons. The Labute approximate surface area is 116 Å². The molecule has 1 heterocycles. The molecule has 0 bridgehead atoms. The maximum absolute atomic E-state index is 10.9. The molecule has 0 aliphatic carbocycles. The number of nitrogens with one attached hydrogen (secondary N) is 1. The lowest BCUT2D eigenvalue weighted by Crippen LogP contribution is -2.05. The fraction of sp³-hybridized carbons (Fsp3) is 0.214. The third-order valence-corrected chi connectivity index (χ3v) is 3.01.